The first kappa shape index (κ1) is 18.4. The summed E-state index contributed by atoms with van der Waals surface area (Å²) in [6.07, 6.45) is 6.43. The van der Waals surface area contributed by atoms with Crippen LogP contribution in [-0.2, 0) is 4.74 Å². The lowest BCUT2D eigenvalue weighted by atomic mass is 9.97. The fourth-order valence-corrected chi connectivity index (χ4v) is 4.48. The molecule has 1 amide bonds. The molecule has 2 N–H and O–H groups in total. The van der Waals surface area contributed by atoms with E-state index in [0.29, 0.717) is 29.0 Å². The molecule has 2 aliphatic heterocycles. The number of nitrogens with one attached hydrogen (secondary N) is 2. The number of aromatic nitrogens is 1. The Morgan fingerprint density at radius 3 is 3.04 bits per heavy atom. The van der Waals surface area contributed by atoms with Crippen molar-refractivity contribution in [3.05, 3.63) is 40.9 Å². The minimum Gasteiger partial charge on any atom is -0.491 e. The molecule has 144 valence electrons. The van der Waals surface area contributed by atoms with Gasteiger partial charge in [0.1, 0.15) is 12.4 Å². The van der Waals surface area contributed by atoms with Crippen LogP contribution >= 0.6 is 11.3 Å². The predicted octanol–water partition coefficient (Wildman–Crippen LogP) is 3.42. The highest BCUT2D eigenvalue weighted by Gasteiger charge is 2.19. The third kappa shape index (κ3) is 4.86. The number of hydrogen-bond acceptors (Lipinski definition) is 6. The van der Waals surface area contributed by atoms with Gasteiger partial charge in [-0.15, -0.1) is 11.3 Å². The second-order valence-electron chi connectivity index (χ2n) is 7.02. The molecule has 2 fully saturated rings. The first-order valence-corrected chi connectivity index (χ1v) is 10.4. The summed E-state index contributed by atoms with van der Waals surface area (Å²) in [6.45, 7) is 3.42. The number of carbonyl (C=O) groups is 1. The normalized spacial score (nSPS) is 20.5. The molecular formula is C20H25N3O3S. The number of piperidine rings is 1. The van der Waals surface area contributed by atoms with E-state index in [1.807, 2.05) is 18.3 Å². The Hall–Kier alpha value is -1.96. The largest absolute Gasteiger partial charge is 0.491 e. The van der Waals surface area contributed by atoms with Crippen molar-refractivity contribution in [1.82, 2.24) is 10.3 Å². The predicted molar refractivity (Wildman–Crippen MR) is 106 cm³/mol. The van der Waals surface area contributed by atoms with Crippen molar-refractivity contribution in [1.29, 1.82) is 0 Å². The van der Waals surface area contributed by atoms with Crippen molar-refractivity contribution < 1.29 is 14.3 Å². The van der Waals surface area contributed by atoms with E-state index in [0.717, 1.165) is 45.4 Å². The summed E-state index contributed by atoms with van der Waals surface area (Å²) in [5.41, 5.74) is 0.568. The van der Waals surface area contributed by atoms with Gasteiger partial charge >= 0.3 is 0 Å². The van der Waals surface area contributed by atoms with Crippen molar-refractivity contribution >= 4 is 22.4 Å². The van der Waals surface area contributed by atoms with Crippen molar-refractivity contribution in [2.24, 2.45) is 0 Å². The van der Waals surface area contributed by atoms with Gasteiger partial charge in [0, 0.05) is 23.2 Å². The van der Waals surface area contributed by atoms with Gasteiger partial charge in [-0.3, -0.25) is 10.1 Å². The van der Waals surface area contributed by atoms with Gasteiger partial charge in [-0.25, -0.2) is 4.98 Å². The monoisotopic (exact) mass is 387 g/mol. The zero-order valence-corrected chi connectivity index (χ0v) is 16.1. The summed E-state index contributed by atoms with van der Waals surface area (Å²) in [4.78, 5) is 18.2. The van der Waals surface area contributed by atoms with Gasteiger partial charge < -0.3 is 14.8 Å². The number of rotatable bonds is 6. The van der Waals surface area contributed by atoms with Crippen molar-refractivity contribution in [2.75, 3.05) is 31.6 Å². The molecule has 3 heterocycles. The van der Waals surface area contributed by atoms with Crippen LogP contribution in [0.3, 0.4) is 0 Å². The van der Waals surface area contributed by atoms with Crippen LogP contribution in [0, 0.1) is 0 Å². The number of benzene rings is 1. The highest BCUT2D eigenvalue weighted by molar-refractivity contribution is 7.15. The SMILES string of the molecule is O=C(Nc1ncc(C2CCNCC2)s1)c1cccc(OCC2CCCO2)c1. The van der Waals surface area contributed by atoms with Gasteiger partial charge in [0.05, 0.1) is 6.10 Å². The molecular weight excluding hydrogens is 362 g/mol. The third-order valence-electron chi connectivity index (χ3n) is 5.04. The second-order valence-corrected chi connectivity index (χ2v) is 8.08. The number of nitrogens with zero attached hydrogens (tertiary/aromatic N) is 1. The minimum absolute atomic E-state index is 0.159. The van der Waals surface area contributed by atoms with E-state index >= 15 is 0 Å². The number of ether oxygens (including phenoxy) is 2. The summed E-state index contributed by atoms with van der Waals surface area (Å²) in [6, 6.07) is 7.26. The number of anilines is 1. The lowest BCUT2D eigenvalue weighted by Gasteiger charge is -2.20. The molecule has 1 unspecified atom stereocenters. The number of amides is 1. The molecule has 0 aliphatic carbocycles. The van der Waals surface area contributed by atoms with E-state index in [-0.39, 0.29) is 12.0 Å². The Morgan fingerprint density at radius 1 is 1.33 bits per heavy atom. The fourth-order valence-electron chi connectivity index (χ4n) is 3.50. The quantitative estimate of drug-likeness (QED) is 0.795. The summed E-state index contributed by atoms with van der Waals surface area (Å²) in [5.74, 6) is 1.07. The third-order valence-corrected chi connectivity index (χ3v) is 6.12. The highest BCUT2D eigenvalue weighted by atomic mass is 32.1. The molecule has 2 aromatic rings. The number of hydrogen-bond donors (Lipinski definition) is 2. The average Bonchev–Trinajstić information content (AvgIpc) is 3.39. The van der Waals surface area contributed by atoms with E-state index in [1.165, 1.54) is 4.88 Å². The first-order valence-electron chi connectivity index (χ1n) is 9.60. The van der Waals surface area contributed by atoms with Gasteiger partial charge in [-0.05, 0) is 62.9 Å². The number of thiazole rings is 1. The Balaban J connectivity index is 1.35. The summed E-state index contributed by atoms with van der Waals surface area (Å²) >= 11 is 1.58. The Kier molecular flexibility index (Phi) is 6.01. The Labute approximate surface area is 163 Å². The van der Waals surface area contributed by atoms with Crippen molar-refractivity contribution in [3.8, 4) is 5.75 Å². The molecule has 0 bridgehead atoms. The minimum atomic E-state index is -0.163. The molecule has 1 atom stereocenters. The lowest BCUT2D eigenvalue weighted by molar-refractivity contribution is 0.0679. The first-order chi connectivity index (χ1) is 13.3. The van der Waals surface area contributed by atoms with Gasteiger partial charge in [0.2, 0.25) is 0 Å². The van der Waals surface area contributed by atoms with E-state index < -0.39 is 0 Å². The zero-order valence-electron chi connectivity index (χ0n) is 15.3. The Bertz CT molecular complexity index is 767. The van der Waals surface area contributed by atoms with Gasteiger partial charge in [0.25, 0.3) is 5.91 Å². The van der Waals surface area contributed by atoms with E-state index in [4.69, 9.17) is 9.47 Å². The highest BCUT2D eigenvalue weighted by Crippen LogP contribution is 2.31. The van der Waals surface area contributed by atoms with Crippen LogP contribution in [0.2, 0.25) is 0 Å². The van der Waals surface area contributed by atoms with Crippen molar-refractivity contribution in [3.63, 3.8) is 0 Å². The molecule has 0 radical (unpaired) electrons. The lowest BCUT2D eigenvalue weighted by Crippen LogP contribution is -2.26. The summed E-state index contributed by atoms with van der Waals surface area (Å²) in [5, 5.41) is 6.94. The molecule has 4 rings (SSSR count). The van der Waals surface area contributed by atoms with Gasteiger partial charge in [0.15, 0.2) is 5.13 Å². The van der Waals surface area contributed by atoms with Crippen molar-refractivity contribution in [2.45, 2.75) is 37.7 Å². The smallest absolute Gasteiger partial charge is 0.257 e. The molecule has 6 nitrogen and oxygen atoms in total. The van der Waals surface area contributed by atoms with Gasteiger partial charge in [-0.2, -0.15) is 0 Å². The average molecular weight is 388 g/mol. The van der Waals surface area contributed by atoms with Crippen LogP contribution in [0.25, 0.3) is 0 Å². The van der Waals surface area contributed by atoms with Crippen LogP contribution in [0.1, 0.15) is 46.8 Å². The van der Waals surface area contributed by atoms with E-state index in [9.17, 15) is 4.79 Å². The summed E-state index contributed by atoms with van der Waals surface area (Å²) in [7, 11) is 0. The van der Waals surface area contributed by atoms with E-state index in [1.54, 1.807) is 23.5 Å². The van der Waals surface area contributed by atoms with Crippen LogP contribution < -0.4 is 15.4 Å². The molecule has 1 aromatic carbocycles. The molecule has 2 aliphatic rings. The fraction of sp³-hybridized carbons (Fsp3) is 0.500. The van der Waals surface area contributed by atoms with Crippen LogP contribution in [-0.4, -0.2) is 43.3 Å². The molecule has 27 heavy (non-hydrogen) atoms. The maximum Gasteiger partial charge on any atom is 0.257 e. The molecule has 7 heteroatoms. The maximum atomic E-state index is 12.6. The maximum absolute atomic E-state index is 12.6. The molecule has 0 saturated carbocycles. The zero-order chi connectivity index (χ0) is 18.5. The topological polar surface area (TPSA) is 72.5 Å². The van der Waals surface area contributed by atoms with E-state index in [2.05, 4.69) is 15.6 Å². The number of carbonyl (C=O) groups excluding carboxylic acids is 1. The standard InChI is InChI=1S/C20H25N3O3S/c24-19(23-20-22-12-18(27-20)14-6-8-21-9-7-14)15-3-1-4-16(11-15)26-13-17-5-2-10-25-17/h1,3-4,11-12,14,17,21H,2,5-10,13H2,(H,22,23,24). The van der Waals surface area contributed by atoms with Crippen LogP contribution in [0.5, 0.6) is 5.75 Å². The van der Waals surface area contributed by atoms with Crippen LogP contribution in [0.15, 0.2) is 30.5 Å². The Morgan fingerprint density at radius 2 is 2.22 bits per heavy atom. The molecule has 0 spiro atoms. The second kappa shape index (κ2) is 8.82. The molecule has 2 saturated heterocycles. The summed E-state index contributed by atoms with van der Waals surface area (Å²) < 4.78 is 11.4. The van der Waals surface area contributed by atoms with Crippen LogP contribution in [0.4, 0.5) is 5.13 Å². The molecule has 1 aromatic heterocycles. The van der Waals surface area contributed by atoms with Gasteiger partial charge in [-0.1, -0.05) is 6.07 Å².